The molecule has 0 aliphatic rings. The molecule has 0 spiro atoms. The predicted molar refractivity (Wildman–Crippen MR) is 48.4 cm³/mol. The van der Waals surface area contributed by atoms with Crippen LogP contribution >= 0.6 is 12.2 Å². The highest BCUT2D eigenvalue weighted by atomic mass is 32.1. The molecule has 1 aromatic carbocycles. The number of carbonyl (C=O) groups excluding carboxylic acids is 1. The van der Waals surface area contributed by atoms with E-state index < -0.39 is 0 Å². The minimum atomic E-state index is 0.528. The molecule has 0 fully saturated rings. The third-order valence-corrected chi connectivity index (χ3v) is 1.60. The van der Waals surface area contributed by atoms with Crippen LogP contribution in [0.4, 0.5) is 0 Å². The molecule has 0 aliphatic carbocycles. The monoisotopic (exact) mass is 162 g/mol. The highest BCUT2D eigenvalue weighted by Crippen LogP contribution is 2.00. The highest BCUT2D eigenvalue weighted by Gasteiger charge is 1.93. The fourth-order valence-electron chi connectivity index (χ4n) is 0.739. The Morgan fingerprint density at radius 1 is 1.36 bits per heavy atom. The number of rotatable bonds is 2. The van der Waals surface area contributed by atoms with Crippen molar-refractivity contribution in [2.75, 3.05) is 0 Å². The largest absolute Gasteiger partial charge is 0.233 e. The zero-order chi connectivity index (χ0) is 8.10. The van der Waals surface area contributed by atoms with Gasteiger partial charge in [0.05, 0.1) is 4.86 Å². The topological polar surface area (TPSA) is 17.1 Å². The zero-order valence-corrected chi connectivity index (χ0v) is 6.60. The third-order valence-electron chi connectivity index (χ3n) is 1.25. The molecule has 54 valence electrons. The molecule has 0 atom stereocenters. The summed E-state index contributed by atoms with van der Waals surface area (Å²) in [5.41, 5.74) is 0.880. The van der Waals surface area contributed by atoms with E-state index in [1.165, 1.54) is 6.08 Å². The van der Waals surface area contributed by atoms with Crippen molar-refractivity contribution in [2.24, 2.45) is 0 Å². The van der Waals surface area contributed by atoms with Crippen LogP contribution in [0.3, 0.4) is 0 Å². The summed E-state index contributed by atoms with van der Waals surface area (Å²) in [7, 11) is 0. The standard InChI is InChI=1S/C9H6OS/c10-7-6-9(11)8-4-2-1-3-5-8/h1-6H. The first kappa shape index (κ1) is 7.86. The number of thiocarbonyl (C=S) groups is 1. The normalized spacial score (nSPS) is 8.36. The molecule has 1 aromatic rings. The van der Waals surface area contributed by atoms with Gasteiger partial charge in [-0.15, -0.1) is 0 Å². The van der Waals surface area contributed by atoms with E-state index in [-0.39, 0.29) is 0 Å². The number of benzene rings is 1. The van der Waals surface area contributed by atoms with Crippen molar-refractivity contribution in [3.8, 4) is 0 Å². The zero-order valence-electron chi connectivity index (χ0n) is 5.78. The summed E-state index contributed by atoms with van der Waals surface area (Å²) < 4.78 is 0. The molecule has 0 aromatic heterocycles. The van der Waals surface area contributed by atoms with Gasteiger partial charge in [0.25, 0.3) is 0 Å². The lowest BCUT2D eigenvalue weighted by Crippen LogP contribution is -1.90. The molecule has 0 aliphatic heterocycles. The maximum Gasteiger partial charge on any atom is 0.125 e. The van der Waals surface area contributed by atoms with E-state index >= 15 is 0 Å². The highest BCUT2D eigenvalue weighted by molar-refractivity contribution is 7.81. The van der Waals surface area contributed by atoms with Crippen LogP contribution < -0.4 is 0 Å². The van der Waals surface area contributed by atoms with Crippen molar-refractivity contribution in [2.45, 2.75) is 0 Å². The molecule has 0 amide bonds. The Morgan fingerprint density at radius 3 is 2.55 bits per heavy atom. The lowest BCUT2D eigenvalue weighted by molar-refractivity contribution is 0.569. The Labute approximate surface area is 70.4 Å². The van der Waals surface area contributed by atoms with E-state index in [1.807, 2.05) is 30.3 Å². The van der Waals surface area contributed by atoms with E-state index in [1.54, 1.807) is 5.94 Å². The average molecular weight is 162 g/mol. The Hall–Kier alpha value is -1.24. The second-order valence-corrected chi connectivity index (χ2v) is 2.43. The van der Waals surface area contributed by atoms with Gasteiger partial charge in [-0.2, -0.15) is 0 Å². The Kier molecular flexibility index (Phi) is 2.73. The smallest absolute Gasteiger partial charge is 0.125 e. The lowest BCUT2D eigenvalue weighted by atomic mass is 10.1. The molecule has 0 heterocycles. The third kappa shape index (κ3) is 2.11. The van der Waals surface area contributed by atoms with E-state index in [4.69, 9.17) is 12.2 Å². The van der Waals surface area contributed by atoms with Crippen LogP contribution in [0, 0.1) is 0 Å². The van der Waals surface area contributed by atoms with E-state index in [2.05, 4.69) is 0 Å². The van der Waals surface area contributed by atoms with Gasteiger partial charge in [0.2, 0.25) is 0 Å². The first-order valence-electron chi connectivity index (χ1n) is 3.15. The van der Waals surface area contributed by atoms with Crippen LogP contribution in [0.25, 0.3) is 0 Å². The van der Waals surface area contributed by atoms with Gasteiger partial charge in [-0.1, -0.05) is 42.5 Å². The number of hydrogen-bond donors (Lipinski definition) is 0. The molecule has 1 rings (SSSR count). The maximum atomic E-state index is 9.92. The molecule has 0 unspecified atom stereocenters. The summed E-state index contributed by atoms with van der Waals surface area (Å²) in [6.45, 7) is 0. The van der Waals surface area contributed by atoms with Gasteiger partial charge in [-0.3, -0.25) is 0 Å². The summed E-state index contributed by atoms with van der Waals surface area (Å²) in [6.07, 6.45) is 1.25. The Bertz CT molecular complexity index is 297. The second kappa shape index (κ2) is 3.81. The van der Waals surface area contributed by atoms with Crippen LogP contribution in [0.1, 0.15) is 5.56 Å². The Morgan fingerprint density at radius 2 is 2.00 bits per heavy atom. The van der Waals surface area contributed by atoms with Gasteiger partial charge >= 0.3 is 0 Å². The second-order valence-electron chi connectivity index (χ2n) is 1.99. The van der Waals surface area contributed by atoms with Crippen molar-refractivity contribution in [1.29, 1.82) is 0 Å². The van der Waals surface area contributed by atoms with E-state index in [9.17, 15) is 4.79 Å². The summed E-state index contributed by atoms with van der Waals surface area (Å²) >= 11 is 4.90. The molecular weight excluding hydrogens is 156 g/mol. The van der Waals surface area contributed by atoms with Crippen LogP contribution in [-0.4, -0.2) is 10.8 Å². The van der Waals surface area contributed by atoms with Crippen molar-refractivity contribution in [3.05, 3.63) is 42.0 Å². The molecule has 0 saturated carbocycles. The predicted octanol–water partition coefficient (Wildman–Crippen LogP) is 1.79. The molecule has 2 heteroatoms. The first-order valence-corrected chi connectivity index (χ1v) is 3.55. The minimum Gasteiger partial charge on any atom is -0.233 e. The van der Waals surface area contributed by atoms with Crippen molar-refractivity contribution in [3.63, 3.8) is 0 Å². The summed E-state index contributed by atoms with van der Waals surface area (Å²) in [5.74, 6) is 1.65. The SMILES string of the molecule is O=C=CC(=S)c1ccccc1. The van der Waals surface area contributed by atoms with E-state index in [0.717, 1.165) is 5.56 Å². The summed E-state index contributed by atoms with van der Waals surface area (Å²) in [5, 5.41) is 0. The Balaban J connectivity index is 2.94. The molecule has 0 saturated heterocycles. The van der Waals surface area contributed by atoms with Crippen molar-refractivity contribution < 1.29 is 4.79 Å². The van der Waals surface area contributed by atoms with Crippen LogP contribution in [-0.2, 0) is 4.79 Å². The quantitative estimate of drug-likeness (QED) is 0.285. The molecular formula is C9H6OS. The fourth-order valence-corrected chi connectivity index (χ4v) is 0.923. The van der Waals surface area contributed by atoms with Crippen LogP contribution in [0.2, 0.25) is 0 Å². The van der Waals surface area contributed by atoms with Crippen LogP contribution in [0.15, 0.2) is 36.4 Å². The number of hydrogen-bond acceptors (Lipinski definition) is 2. The molecule has 1 nitrogen and oxygen atoms in total. The van der Waals surface area contributed by atoms with Gasteiger partial charge in [0, 0.05) is 6.08 Å². The van der Waals surface area contributed by atoms with Gasteiger partial charge in [-0.05, 0) is 5.56 Å². The van der Waals surface area contributed by atoms with Crippen molar-refractivity contribution >= 4 is 23.0 Å². The average Bonchev–Trinajstić information content (AvgIpc) is 2.07. The van der Waals surface area contributed by atoms with Crippen molar-refractivity contribution in [1.82, 2.24) is 0 Å². The van der Waals surface area contributed by atoms with Gasteiger partial charge in [-0.25, -0.2) is 4.79 Å². The summed E-state index contributed by atoms with van der Waals surface area (Å²) in [6, 6.07) is 9.36. The van der Waals surface area contributed by atoms with Crippen LogP contribution in [0.5, 0.6) is 0 Å². The molecule has 11 heavy (non-hydrogen) atoms. The van der Waals surface area contributed by atoms with Gasteiger partial charge < -0.3 is 0 Å². The van der Waals surface area contributed by atoms with Gasteiger partial charge in [0.1, 0.15) is 5.94 Å². The minimum absolute atomic E-state index is 0.528. The molecule has 0 N–H and O–H groups in total. The first-order chi connectivity index (χ1) is 5.34. The summed E-state index contributed by atoms with van der Waals surface area (Å²) in [4.78, 5) is 10.4. The maximum absolute atomic E-state index is 9.92. The number of allylic oxidation sites excluding steroid dienone is 1. The lowest BCUT2D eigenvalue weighted by Gasteiger charge is -1.93. The fraction of sp³-hybridized carbons (Fsp3) is 0. The molecule has 0 bridgehead atoms. The van der Waals surface area contributed by atoms with Gasteiger partial charge in [0.15, 0.2) is 0 Å². The molecule has 0 radical (unpaired) electrons. The van der Waals surface area contributed by atoms with E-state index in [0.29, 0.717) is 4.86 Å².